The quantitative estimate of drug-likeness (QED) is 0.745. The van der Waals surface area contributed by atoms with Gasteiger partial charge in [0.25, 0.3) is 0 Å². The van der Waals surface area contributed by atoms with E-state index >= 15 is 0 Å². The fourth-order valence-electron chi connectivity index (χ4n) is 2.91. The second-order valence-electron chi connectivity index (χ2n) is 7.47. The number of nitrogens with zero attached hydrogens (tertiary/aromatic N) is 2. The number of rotatable bonds is 9. The summed E-state index contributed by atoms with van der Waals surface area (Å²) in [7, 11) is 4.01. The fraction of sp³-hybridized carbons (Fsp3) is 0.600. The molecule has 0 aliphatic heterocycles. The van der Waals surface area contributed by atoms with E-state index in [0.717, 1.165) is 18.5 Å². The minimum absolute atomic E-state index is 0.0903. The van der Waals surface area contributed by atoms with Crippen LogP contribution in [-0.4, -0.2) is 55.3 Å². The third kappa shape index (κ3) is 6.50. The summed E-state index contributed by atoms with van der Waals surface area (Å²) in [5.41, 5.74) is 2.34. The van der Waals surface area contributed by atoms with Gasteiger partial charge in [-0.2, -0.15) is 0 Å². The second-order valence-corrected chi connectivity index (χ2v) is 7.47. The number of amides is 2. The molecule has 1 fully saturated rings. The van der Waals surface area contributed by atoms with E-state index in [4.69, 9.17) is 0 Å². The molecule has 1 aromatic rings. The molecule has 1 aromatic carbocycles. The standard InChI is InChI=1S/C20H31N3O2/c1-15-6-5-7-17(12-15)14-23(11-10-22(3)4)19(24)8-9-21-20(25)18-13-16(18)2/h5-7,12,16,18H,8-11,13-14H2,1-4H3,(H,21,25)/t16-,18+/m0/s1. The van der Waals surface area contributed by atoms with Crippen LogP contribution in [-0.2, 0) is 16.1 Å². The van der Waals surface area contributed by atoms with Gasteiger partial charge in [-0.05, 0) is 38.9 Å². The minimum Gasteiger partial charge on any atom is -0.355 e. The van der Waals surface area contributed by atoms with Crippen molar-refractivity contribution in [2.75, 3.05) is 33.7 Å². The molecule has 0 aromatic heterocycles. The molecule has 1 aliphatic rings. The lowest BCUT2D eigenvalue weighted by molar-refractivity contribution is -0.132. The van der Waals surface area contributed by atoms with Gasteiger partial charge in [-0.1, -0.05) is 36.8 Å². The smallest absolute Gasteiger partial charge is 0.224 e. The maximum Gasteiger partial charge on any atom is 0.224 e. The number of benzene rings is 1. The summed E-state index contributed by atoms with van der Waals surface area (Å²) < 4.78 is 0. The van der Waals surface area contributed by atoms with Crippen molar-refractivity contribution in [2.45, 2.75) is 33.2 Å². The van der Waals surface area contributed by atoms with Gasteiger partial charge in [-0.15, -0.1) is 0 Å². The molecule has 2 atom stereocenters. The van der Waals surface area contributed by atoms with Crippen LogP contribution in [0, 0.1) is 18.8 Å². The molecule has 2 rings (SSSR count). The summed E-state index contributed by atoms with van der Waals surface area (Å²) in [5.74, 6) is 0.840. The van der Waals surface area contributed by atoms with Crippen molar-refractivity contribution in [1.82, 2.24) is 15.1 Å². The van der Waals surface area contributed by atoms with Gasteiger partial charge in [0.05, 0.1) is 0 Å². The van der Waals surface area contributed by atoms with Crippen LogP contribution in [0.2, 0.25) is 0 Å². The Labute approximate surface area is 151 Å². The Morgan fingerprint density at radius 2 is 1.96 bits per heavy atom. The van der Waals surface area contributed by atoms with Crippen LogP contribution in [0.4, 0.5) is 0 Å². The molecule has 0 spiro atoms. The van der Waals surface area contributed by atoms with Crippen LogP contribution in [0.5, 0.6) is 0 Å². The maximum atomic E-state index is 12.6. The number of hydrogen-bond acceptors (Lipinski definition) is 3. The molecule has 2 amide bonds. The van der Waals surface area contributed by atoms with Crippen molar-refractivity contribution in [3.8, 4) is 0 Å². The van der Waals surface area contributed by atoms with Gasteiger partial charge in [0.1, 0.15) is 0 Å². The molecule has 0 heterocycles. The zero-order valence-corrected chi connectivity index (χ0v) is 15.9. The summed E-state index contributed by atoms with van der Waals surface area (Å²) in [5, 5.41) is 2.90. The average molecular weight is 345 g/mol. The van der Waals surface area contributed by atoms with Crippen molar-refractivity contribution < 1.29 is 9.59 Å². The summed E-state index contributed by atoms with van der Waals surface area (Å²) in [6.45, 7) is 6.69. The molecule has 25 heavy (non-hydrogen) atoms. The van der Waals surface area contributed by atoms with Crippen LogP contribution in [0.3, 0.4) is 0 Å². The summed E-state index contributed by atoms with van der Waals surface area (Å²) in [4.78, 5) is 28.5. The lowest BCUT2D eigenvalue weighted by atomic mass is 10.1. The topological polar surface area (TPSA) is 52.6 Å². The lowest BCUT2D eigenvalue weighted by Crippen LogP contribution is -2.38. The molecule has 1 N–H and O–H groups in total. The van der Waals surface area contributed by atoms with E-state index in [-0.39, 0.29) is 17.7 Å². The average Bonchev–Trinajstić information content (AvgIpc) is 3.28. The summed E-state index contributed by atoms with van der Waals surface area (Å²) >= 11 is 0. The molecule has 0 bridgehead atoms. The number of carbonyl (C=O) groups excluding carboxylic acids is 2. The molecular formula is C20H31N3O2. The number of aryl methyl sites for hydroxylation is 1. The predicted octanol–water partition coefficient (Wildman–Crippen LogP) is 2.05. The Morgan fingerprint density at radius 3 is 2.56 bits per heavy atom. The van der Waals surface area contributed by atoms with Gasteiger partial charge in [0, 0.05) is 38.5 Å². The number of likely N-dealkylation sites (N-methyl/N-ethyl adjacent to an activating group) is 1. The predicted molar refractivity (Wildman–Crippen MR) is 100 cm³/mol. The fourth-order valence-corrected chi connectivity index (χ4v) is 2.91. The van der Waals surface area contributed by atoms with E-state index in [2.05, 4.69) is 42.3 Å². The highest BCUT2D eigenvalue weighted by molar-refractivity contribution is 5.82. The zero-order chi connectivity index (χ0) is 18.4. The Kier molecular flexibility index (Phi) is 7.00. The number of hydrogen-bond donors (Lipinski definition) is 1. The van der Waals surface area contributed by atoms with Crippen LogP contribution < -0.4 is 5.32 Å². The van der Waals surface area contributed by atoms with Crippen molar-refractivity contribution in [1.29, 1.82) is 0 Å². The normalized spacial score (nSPS) is 18.9. The molecule has 5 nitrogen and oxygen atoms in total. The monoisotopic (exact) mass is 345 g/mol. The van der Waals surface area contributed by atoms with E-state index < -0.39 is 0 Å². The van der Waals surface area contributed by atoms with E-state index in [1.165, 1.54) is 5.56 Å². The van der Waals surface area contributed by atoms with Gasteiger partial charge in [-0.3, -0.25) is 9.59 Å². The van der Waals surface area contributed by atoms with Crippen LogP contribution in [0.1, 0.15) is 30.9 Å². The molecule has 0 saturated heterocycles. The molecule has 0 unspecified atom stereocenters. The van der Waals surface area contributed by atoms with Crippen LogP contribution in [0.25, 0.3) is 0 Å². The zero-order valence-electron chi connectivity index (χ0n) is 15.9. The largest absolute Gasteiger partial charge is 0.355 e. The SMILES string of the molecule is Cc1cccc(CN(CCN(C)C)C(=O)CCNC(=O)[C@@H]2C[C@@H]2C)c1. The summed E-state index contributed by atoms with van der Waals surface area (Å²) in [6.07, 6.45) is 1.33. The first kappa shape index (κ1) is 19.4. The Hall–Kier alpha value is -1.88. The number of carbonyl (C=O) groups is 2. The van der Waals surface area contributed by atoms with E-state index in [0.29, 0.717) is 32.0 Å². The summed E-state index contributed by atoms with van der Waals surface area (Å²) in [6, 6.07) is 8.26. The first-order valence-electron chi connectivity index (χ1n) is 9.12. The molecule has 1 aliphatic carbocycles. The van der Waals surface area contributed by atoms with Crippen molar-refractivity contribution in [3.05, 3.63) is 35.4 Å². The van der Waals surface area contributed by atoms with Crippen LogP contribution >= 0.6 is 0 Å². The highest BCUT2D eigenvalue weighted by Crippen LogP contribution is 2.37. The van der Waals surface area contributed by atoms with Gasteiger partial charge in [-0.25, -0.2) is 0 Å². The lowest BCUT2D eigenvalue weighted by Gasteiger charge is -2.25. The molecule has 0 radical (unpaired) electrons. The third-order valence-electron chi connectivity index (χ3n) is 4.71. The van der Waals surface area contributed by atoms with E-state index in [1.807, 2.05) is 25.1 Å². The molecule has 138 valence electrons. The molecule has 1 saturated carbocycles. The minimum atomic E-state index is 0.0903. The van der Waals surface area contributed by atoms with Crippen molar-refractivity contribution in [3.63, 3.8) is 0 Å². The maximum absolute atomic E-state index is 12.6. The second kappa shape index (κ2) is 8.99. The Morgan fingerprint density at radius 1 is 1.24 bits per heavy atom. The van der Waals surface area contributed by atoms with Gasteiger partial charge < -0.3 is 15.1 Å². The Balaban J connectivity index is 1.86. The van der Waals surface area contributed by atoms with Gasteiger partial charge in [0.15, 0.2) is 0 Å². The highest BCUT2D eigenvalue weighted by atomic mass is 16.2. The van der Waals surface area contributed by atoms with Crippen LogP contribution in [0.15, 0.2) is 24.3 Å². The Bertz CT molecular complexity index is 600. The third-order valence-corrected chi connectivity index (χ3v) is 4.71. The van der Waals surface area contributed by atoms with Crippen molar-refractivity contribution >= 4 is 11.8 Å². The van der Waals surface area contributed by atoms with E-state index in [9.17, 15) is 9.59 Å². The molecule has 5 heteroatoms. The van der Waals surface area contributed by atoms with E-state index in [1.54, 1.807) is 0 Å². The van der Waals surface area contributed by atoms with Gasteiger partial charge >= 0.3 is 0 Å². The molecular weight excluding hydrogens is 314 g/mol. The first-order chi connectivity index (χ1) is 11.9. The number of nitrogens with one attached hydrogen (secondary N) is 1. The first-order valence-corrected chi connectivity index (χ1v) is 9.12. The van der Waals surface area contributed by atoms with Gasteiger partial charge in [0.2, 0.25) is 11.8 Å². The highest BCUT2D eigenvalue weighted by Gasteiger charge is 2.38. The van der Waals surface area contributed by atoms with Crippen molar-refractivity contribution in [2.24, 2.45) is 11.8 Å².